The number of carbonyl (C=O) groups excluding carboxylic acids is 1. The van der Waals surface area contributed by atoms with Crippen LogP contribution in [0.3, 0.4) is 0 Å². The molecule has 27 heavy (non-hydrogen) atoms. The van der Waals surface area contributed by atoms with Gasteiger partial charge in [0, 0.05) is 39.3 Å². The number of amides is 1. The summed E-state index contributed by atoms with van der Waals surface area (Å²) in [4.78, 5) is 12.3. The van der Waals surface area contributed by atoms with Crippen molar-refractivity contribution < 1.29 is 22.7 Å². The summed E-state index contributed by atoms with van der Waals surface area (Å²) in [5.74, 6) is 0.275. The van der Waals surface area contributed by atoms with Crippen LogP contribution in [-0.4, -0.2) is 58.6 Å². The molecule has 1 saturated heterocycles. The highest BCUT2D eigenvalue weighted by atomic mass is 35.5. The van der Waals surface area contributed by atoms with E-state index >= 15 is 0 Å². The van der Waals surface area contributed by atoms with Crippen LogP contribution in [0, 0.1) is 5.92 Å². The van der Waals surface area contributed by atoms with Crippen LogP contribution < -0.4 is 10.1 Å². The van der Waals surface area contributed by atoms with Gasteiger partial charge < -0.3 is 14.8 Å². The summed E-state index contributed by atoms with van der Waals surface area (Å²) < 4.78 is 37.4. The van der Waals surface area contributed by atoms with Crippen LogP contribution in [0.5, 0.6) is 5.75 Å². The second-order valence-electron chi connectivity index (χ2n) is 6.34. The number of hydrogen-bond donors (Lipinski definition) is 1. The summed E-state index contributed by atoms with van der Waals surface area (Å²) in [6.07, 6.45) is 1.76. The second kappa shape index (κ2) is 10.3. The van der Waals surface area contributed by atoms with Crippen molar-refractivity contribution in [2.45, 2.75) is 31.1 Å². The van der Waals surface area contributed by atoms with E-state index in [2.05, 4.69) is 5.32 Å². The summed E-state index contributed by atoms with van der Waals surface area (Å²) >= 11 is 6.12. The van der Waals surface area contributed by atoms with Crippen LogP contribution in [0.25, 0.3) is 0 Å². The van der Waals surface area contributed by atoms with Crippen molar-refractivity contribution in [3.63, 3.8) is 0 Å². The summed E-state index contributed by atoms with van der Waals surface area (Å²) in [5, 5.41) is 3.15. The third kappa shape index (κ3) is 5.81. The maximum Gasteiger partial charge on any atom is 0.243 e. The van der Waals surface area contributed by atoms with Gasteiger partial charge in [0.25, 0.3) is 0 Å². The molecular formula is C18H27ClN2O5S. The largest absolute Gasteiger partial charge is 0.492 e. The first-order valence-electron chi connectivity index (χ1n) is 9.09. The van der Waals surface area contributed by atoms with Crippen molar-refractivity contribution in [1.82, 2.24) is 9.62 Å². The molecule has 0 aliphatic carbocycles. The van der Waals surface area contributed by atoms with Crippen LogP contribution in [0.4, 0.5) is 0 Å². The van der Waals surface area contributed by atoms with Crippen molar-refractivity contribution in [2.75, 3.05) is 40.0 Å². The number of rotatable bonds is 9. The number of piperidine rings is 1. The molecule has 0 bridgehead atoms. The zero-order valence-corrected chi connectivity index (χ0v) is 17.3. The molecule has 9 heteroatoms. The summed E-state index contributed by atoms with van der Waals surface area (Å²) in [5.41, 5.74) is 0. The van der Waals surface area contributed by atoms with Gasteiger partial charge >= 0.3 is 0 Å². The fourth-order valence-corrected chi connectivity index (χ4v) is 4.79. The van der Waals surface area contributed by atoms with E-state index in [1.165, 1.54) is 16.4 Å². The van der Waals surface area contributed by atoms with Crippen LogP contribution >= 0.6 is 11.6 Å². The molecule has 1 aliphatic heterocycles. The molecular weight excluding hydrogens is 392 g/mol. The molecule has 0 spiro atoms. The number of carbonyl (C=O) groups is 1. The monoisotopic (exact) mass is 418 g/mol. The number of nitrogens with one attached hydrogen (secondary N) is 1. The van der Waals surface area contributed by atoms with E-state index in [4.69, 9.17) is 21.1 Å². The smallest absolute Gasteiger partial charge is 0.243 e. The Balaban J connectivity index is 1.94. The lowest BCUT2D eigenvalue weighted by Crippen LogP contribution is -2.43. The predicted octanol–water partition coefficient (Wildman–Crippen LogP) is 2.29. The Morgan fingerprint density at radius 3 is 2.63 bits per heavy atom. The van der Waals surface area contributed by atoms with E-state index in [0.717, 1.165) is 6.42 Å². The Bertz CT molecular complexity index is 733. The molecule has 0 atom stereocenters. The van der Waals surface area contributed by atoms with Gasteiger partial charge in [0.1, 0.15) is 5.75 Å². The van der Waals surface area contributed by atoms with E-state index in [0.29, 0.717) is 51.4 Å². The Labute approximate surface area is 166 Å². The molecule has 1 fully saturated rings. The minimum atomic E-state index is -3.64. The lowest BCUT2D eigenvalue weighted by Gasteiger charge is -2.30. The Morgan fingerprint density at radius 1 is 1.33 bits per heavy atom. The standard InChI is InChI=1S/C18H27ClN2O5S/c1-3-26-17-6-5-15(13-16(17)19)27(23,24)21-10-7-14(8-11-21)18(22)20-9-4-12-25-2/h5-6,13-14H,3-4,7-12H2,1-2H3,(H,20,22). The second-order valence-corrected chi connectivity index (χ2v) is 8.69. The number of hydrogen-bond acceptors (Lipinski definition) is 5. The van der Waals surface area contributed by atoms with Gasteiger partial charge in [0.05, 0.1) is 16.5 Å². The maximum atomic E-state index is 12.8. The van der Waals surface area contributed by atoms with E-state index < -0.39 is 10.0 Å². The molecule has 0 radical (unpaired) electrons. The number of halogens is 1. The first-order valence-corrected chi connectivity index (χ1v) is 10.9. The van der Waals surface area contributed by atoms with Crippen molar-refractivity contribution in [3.05, 3.63) is 23.2 Å². The molecule has 7 nitrogen and oxygen atoms in total. The summed E-state index contributed by atoms with van der Waals surface area (Å²) in [7, 11) is -2.02. The number of sulfonamides is 1. The normalized spacial score (nSPS) is 16.3. The third-order valence-corrected chi connectivity index (χ3v) is 6.68. The molecule has 1 aromatic carbocycles. The van der Waals surface area contributed by atoms with Gasteiger partial charge in [-0.25, -0.2) is 8.42 Å². The highest BCUT2D eigenvalue weighted by Crippen LogP contribution is 2.30. The molecule has 0 aromatic heterocycles. The molecule has 1 heterocycles. The highest BCUT2D eigenvalue weighted by Gasteiger charge is 2.32. The number of methoxy groups -OCH3 is 1. The Hall–Kier alpha value is -1.35. The maximum absolute atomic E-state index is 12.8. The zero-order chi connectivity index (χ0) is 19.9. The fourth-order valence-electron chi connectivity index (χ4n) is 2.99. The average molecular weight is 419 g/mol. The van der Waals surface area contributed by atoms with E-state index in [-0.39, 0.29) is 21.7 Å². The fraction of sp³-hybridized carbons (Fsp3) is 0.611. The van der Waals surface area contributed by atoms with Gasteiger partial charge in [0.2, 0.25) is 15.9 Å². The van der Waals surface area contributed by atoms with Gasteiger partial charge in [-0.1, -0.05) is 11.6 Å². The third-order valence-electron chi connectivity index (χ3n) is 4.49. The van der Waals surface area contributed by atoms with Crippen LogP contribution in [0.1, 0.15) is 26.2 Å². The van der Waals surface area contributed by atoms with E-state index in [1.54, 1.807) is 13.2 Å². The molecule has 2 rings (SSSR count). The van der Waals surface area contributed by atoms with E-state index in [9.17, 15) is 13.2 Å². The molecule has 0 saturated carbocycles. The highest BCUT2D eigenvalue weighted by molar-refractivity contribution is 7.89. The SMILES string of the molecule is CCOc1ccc(S(=O)(=O)N2CCC(C(=O)NCCCOC)CC2)cc1Cl. The molecule has 1 aliphatic rings. The molecule has 1 aromatic rings. The summed E-state index contributed by atoms with van der Waals surface area (Å²) in [6.45, 7) is 4.07. The average Bonchev–Trinajstić information content (AvgIpc) is 2.67. The first kappa shape index (κ1) is 21.9. The lowest BCUT2D eigenvalue weighted by molar-refractivity contribution is -0.126. The minimum Gasteiger partial charge on any atom is -0.492 e. The summed E-state index contributed by atoms with van der Waals surface area (Å²) in [6, 6.07) is 4.48. The van der Waals surface area contributed by atoms with E-state index in [1.807, 2.05) is 6.92 Å². The predicted molar refractivity (Wildman–Crippen MR) is 104 cm³/mol. The lowest BCUT2D eigenvalue weighted by atomic mass is 9.97. The van der Waals surface area contributed by atoms with Crippen LogP contribution in [-0.2, 0) is 19.6 Å². The number of benzene rings is 1. The van der Waals surface area contributed by atoms with Crippen molar-refractivity contribution in [1.29, 1.82) is 0 Å². The zero-order valence-electron chi connectivity index (χ0n) is 15.7. The Morgan fingerprint density at radius 2 is 2.04 bits per heavy atom. The first-order chi connectivity index (χ1) is 12.9. The Kier molecular flexibility index (Phi) is 8.34. The number of nitrogens with zero attached hydrogens (tertiary/aromatic N) is 1. The quantitative estimate of drug-likeness (QED) is 0.622. The van der Waals surface area contributed by atoms with Crippen LogP contribution in [0.2, 0.25) is 5.02 Å². The molecule has 1 amide bonds. The minimum absolute atomic E-state index is 0.0211. The molecule has 152 valence electrons. The number of ether oxygens (including phenoxy) is 2. The van der Waals surface area contributed by atoms with Gasteiger partial charge in [-0.2, -0.15) is 4.31 Å². The molecule has 1 N–H and O–H groups in total. The van der Waals surface area contributed by atoms with Gasteiger partial charge in [0.15, 0.2) is 0 Å². The molecule has 0 unspecified atom stereocenters. The van der Waals surface area contributed by atoms with Crippen molar-refractivity contribution >= 4 is 27.5 Å². The van der Waals surface area contributed by atoms with Crippen LogP contribution in [0.15, 0.2) is 23.1 Å². The topological polar surface area (TPSA) is 84.9 Å². The van der Waals surface area contributed by atoms with Gasteiger partial charge in [-0.05, 0) is 44.4 Å². The van der Waals surface area contributed by atoms with Gasteiger partial charge in [-0.3, -0.25) is 4.79 Å². The van der Waals surface area contributed by atoms with Crippen molar-refractivity contribution in [3.8, 4) is 5.75 Å². The van der Waals surface area contributed by atoms with Gasteiger partial charge in [-0.15, -0.1) is 0 Å². The van der Waals surface area contributed by atoms with Crippen molar-refractivity contribution in [2.24, 2.45) is 5.92 Å².